The predicted octanol–water partition coefficient (Wildman–Crippen LogP) is 2.08. The van der Waals surface area contributed by atoms with Gasteiger partial charge in [-0.15, -0.1) is 20.6 Å². The molecule has 0 saturated heterocycles. The molecule has 0 fully saturated rings. The zero-order valence-corrected chi connectivity index (χ0v) is 9.42. The van der Waals surface area contributed by atoms with E-state index in [1.54, 1.807) is 6.92 Å². The molecule has 0 heterocycles. The molecule has 0 aromatic heterocycles. The van der Waals surface area contributed by atoms with Crippen LogP contribution in [0, 0.1) is 0 Å². The third-order valence-corrected chi connectivity index (χ3v) is 2.10. The Morgan fingerprint density at radius 2 is 2.00 bits per heavy atom. The molecular formula is C7H15ClO4P+. The first kappa shape index (κ1) is 13.3. The summed E-state index contributed by atoms with van der Waals surface area (Å²) in [6.07, 6.45) is -0.0225. The Bertz CT molecular complexity index is 153. The van der Waals surface area contributed by atoms with Gasteiger partial charge in [0, 0.05) is 4.57 Å². The van der Waals surface area contributed by atoms with Crippen molar-refractivity contribution in [2.75, 3.05) is 13.2 Å². The molecule has 1 N–H and O–H groups in total. The van der Waals surface area contributed by atoms with Gasteiger partial charge in [-0.2, -0.15) is 0 Å². The van der Waals surface area contributed by atoms with Crippen molar-refractivity contribution in [3.05, 3.63) is 0 Å². The molecule has 0 aromatic rings. The first-order valence-corrected chi connectivity index (χ1v) is 5.64. The first-order chi connectivity index (χ1) is 6.06. The fourth-order valence-electron chi connectivity index (χ4n) is 0.466. The van der Waals surface area contributed by atoms with Crippen LogP contribution in [-0.2, 0) is 13.6 Å². The van der Waals surface area contributed by atoms with Gasteiger partial charge in [-0.3, -0.25) is 0 Å². The lowest BCUT2D eigenvalue weighted by atomic mass is 10.3. The second-order valence-corrected chi connectivity index (χ2v) is 4.37. The van der Waals surface area contributed by atoms with Gasteiger partial charge in [0.25, 0.3) is 0 Å². The maximum atomic E-state index is 10.9. The lowest BCUT2D eigenvalue weighted by Crippen LogP contribution is -2.11. The highest BCUT2D eigenvalue weighted by Crippen LogP contribution is 2.24. The van der Waals surface area contributed by atoms with Crippen LogP contribution in [0.25, 0.3) is 0 Å². The normalized spacial score (nSPS) is 16.8. The van der Waals surface area contributed by atoms with E-state index in [1.165, 1.54) is 0 Å². The summed E-state index contributed by atoms with van der Waals surface area (Å²) in [5, 5.41) is 8.85. The number of aliphatic hydroxyl groups excluding tert-OH is 1. The summed E-state index contributed by atoms with van der Waals surface area (Å²) in [6.45, 7) is 3.75. The predicted molar refractivity (Wildman–Crippen MR) is 51.1 cm³/mol. The van der Waals surface area contributed by atoms with Gasteiger partial charge in [0.05, 0.1) is 11.5 Å². The summed E-state index contributed by atoms with van der Waals surface area (Å²) in [6, 6.07) is 0. The summed E-state index contributed by atoms with van der Waals surface area (Å²) in [4.78, 5) is 0. The summed E-state index contributed by atoms with van der Waals surface area (Å²) in [7, 11) is -2.15. The molecule has 3 atom stereocenters. The minimum atomic E-state index is -2.15. The quantitative estimate of drug-likeness (QED) is 0.536. The Morgan fingerprint density at radius 3 is 2.46 bits per heavy atom. The lowest BCUT2D eigenvalue weighted by molar-refractivity contribution is 0.0960. The second-order valence-electron chi connectivity index (χ2n) is 2.66. The van der Waals surface area contributed by atoms with Crippen molar-refractivity contribution in [2.45, 2.75) is 31.7 Å². The summed E-state index contributed by atoms with van der Waals surface area (Å²) < 4.78 is 20.4. The van der Waals surface area contributed by atoms with Crippen molar-refractivity contribution in [1.82, 2.24) is 0 Å². The molecule has 0 spiro atoms. The molecule has 78 valence electrons. The number of hydrogen-bond donors (Lipinski definition) is 1. The first-order valence-electron chi connectivity index (χ1n) is 4.11. The maximum absolute atomic E-state index is 10.9. The second kappa shape index (κ2) is 7.65. The van der Waals surface area contributed by atoms with Crippen LogP contribution in [0.2, 0.25) is 0 Å². The van der Waals surface area contributed by atoms with E-state index in [0.717, 1.165) is 0 Å². The maximum Gasteiger partial charge on any atom is 0.697 e. The standard InChI is InChI=1S/C7H15ClO4P/c1-3-7(9)5-12-13(10)11-4-6(2)8/h6-7,9H,3-5H2,1-2H3/q+1. The smallest absolute Gasteiger partial charge is 0.391 e. The third-order valence-electron chi connectivity index (χ3n) is 1.25. The number of aliphatic hydroxyl groups is 1. The molecule has 0 bridgehead atoms. The van der Waals surface area contributed by atoms with Crippen molar-refractivity contribution in [2.24, 2.45) is 0 Å². The fraction of sp³-hybridized carbons (Fsp3) is 1.00. The van der Waals surface area contributed by atoms with E-state index in [0.29, 0.717) is 6.42 Å². The highest BCUT2D eigenvalue weighted by Gasteiger charge is 2.22. The summed E-state index contributed by atoms with van der Waals surface area (Å²) >= 11 is 5.55. The summed E-state index contributed by atoms with van der Waals surface area (Å²) in [5.74, 6) is 0. The van der Waals surface area contributed by atoms with E-state index in [2.05, 4.69) is 0 Å². The van der Waals surface area contributed by atoms with E-state index in [1.807, 2.05) is 6.92 Å². The topological polar surface area (TPSA) is 55.8 Å². The van der Waals surface area contributed by atoms with Crippen molar-refractivity contribution in [3.63, 3.8) is 0 Å². The van der Waals surface area contributed by atoms with Gasteiger partial charge in [-0.25, -0.2) is 0 Å². The number of halogens is 1. The van der Waals surface area contributed by atoms with E-state index >= 15 is 0 Å². The minimum Gasteiger partial charge on any atom is -0.391 e. The molecule has 3 unspecified atom stereocenters. The summed E-state index contributed by atoms with van der Waals surface area (Å²) in [5.41, 5.74) is 0. The highest BCUT2D eigenvalue weighted by molar-refractivity contribution is 7.33. The number of alkyl halides is 1. The van der Waals surface area contributed by atoms with Crippen LogP contribution in [0.1, 0.15) is 20.3 Å². The monoisotopic (exact) mass is 229 g/mol. The molecule has 6 heteroatoms. The van der Waals surface area contributed by atoms with Crippen molar-refractivity contribution in [1.29, 1.82) is 0 Å². The molecule has 0 rings (SSSR count). The molecule has 0 saturated carbocycles. The van der Waals surface area contributed by atoms with Gasteiger partial charge >= 0.3 is 8.25 Å². The zero-order valence-electron chi connectivity index (χ0n) is 7.77. The van der Waals surface area contributed by atoms with Crippen LogP contribution in [0.15, 0.2) is 0 Å². The molecule has 0 aliphatic heterocycles. The molecule has 0 aliphatic carbocycles. The Hall–Kier alpha value is 0.270. The van der Waals surface area contributed by atoms with Gasteiger partial charge in [-0.05, 0) is 13.3 Å². The van der Waals surface area contributed by atoms with Crippen LogP contribution in [0.3, 0.4) is 0 Å². The average molecular weight is 230 g/mol. The van der Waals surface area contributed by atoms with Crippen molar-refractivity contribution >= 4 is 19.9 Å². The molecule has 0 aliphatic rings. The van der Waals surface area contributed by atoms with Gasteiger partial charge in [0.15, 0.2) is 0 Å². The van der Waals surface area contributed by atoms with Crippen LogP contribution in [0.5, 0.6) is 0 Å². The number of hydrogen-bond acceptors (Lipinski definition) is 4. The van der Waals surface area contributed by atoms with Crippen LogP contribution >= 0.6 is 19.9 Å². The molecule has 0 aromatic carbocycles. The highest BCUT2D eigenvalue weighted by atomic mass is 35.5. The Morgan fingerprint density at radius 1 is 1.46 bits per heavy atom. The van der Waals surface area contributed by atoms with Gasteiger partial charge in [0.2, 0.25) is 0 Å². The van der Waals surface area contributed by atoms with E-state index < -0.39 is 14.4 Å². The largest absolute Gasteiger partial charge is 0.697 e. The molecule has 4 nitrogen and oxygen atoms in total. The molecule has 13 heavy (non-hydrogen) atoms. The minimum absolute atomic E-state index is 0.0301. The fourth-order valence-corrected chi connectivity index (χ4v) is 1.33. The van der Waals surface area contributed by atoms with E-state index in [4.69, 9.17) is 25.8 Å². The lowest BCUT2D eigenvalue weighted by Gasteiger charge is -2.00. The van der Waals surface area contributed by atoms with Crippen LogP contribution in [0.4, 0.5) is 0 Å². The molecular weight excluding hydrogens is 214 g/mol. The van der Waals surface area contributed by atoms with Crippen molar-refractivity contribution in [3.8, 4) is 0 Å². The Balaban J connectivity index is 3.40. The van der Waals surface area contributed by atoms with Gasteiger partial charge < -0.3 is 5.11 Å². The third kappa shape index (κ3) is 8.60. The number of rotatable bonds is 7. The Labute approximate surface area is 84.1 Å². The van der Waals surface area contributed by atoms with Gasteiger partial charge in [-0.1, -0.05) is 6.92 Å². The van der Waals surface area contributed by atoms with E-state index in [9.17, 15) is 4.57 Å². The van der Waals surface area contributed by atoms with Crippen LogP contribution < -0.4 is 0 Å². The van der Waals surface area contributed by atoms with Crippen molar-refractivity contribution < 1.29 is 18.7 Å². The molecule has 0 radical (unpaired) electrons. The zero-order chi connectivity index (χ0) is 10.3. The Kier molecular flexibility index (Phi) is 7.81. The van der Waals surface area contributed by atoms with Gasteiger partial charge in [0.1, 0.15) is 13.2 Å². The van der Waals surface area contributed by atoms with Crippen LogP contribution in [-0.4, -0.2) is 29.8 Å². The average Bonchev–Trinajstić information content (AvgIpc) is 2.10. The van der Waals surface area contributed by atoms with E-state index in [-0.39, 0.29) is 18.6 Å². The SMILES string of the molecule is CCC(O)CO[P+](=O)OCC(C)Cl. The molecule has 0 amide bonds.